The zero-order valence-corrected chi connectivity index (χ0v) is 15.7. The summed E-state index contributed by atoms with van der Waals surface area (Å²) >= 11 is 0. The van der Waals surface area contributed by atoms with Crippen molar-refractivity contribution in [1.29, 1.82) is 0 Å². The molecule has 2 aliphatic rings. The molecule has 130 valence electrons. The minimum absolute atomic E-state index is 0.733. The summed E-state index contributed by atoms with van der Waals surface area (Å²) in [5.41, 5.74) is 2.85. The van der Waals surface area contributed by atoms with Crippen LogP contribution in [0.5, 0.6) is 0 Å². The molecule has 1 aliphatic carbocycles. The van der Waals surface area contributed by atoms with Crippen LogP contribution in [0.25, 0.3) is 4.91 Å². The van der Waals surface area contributed by atoms with E-state index in [1.807, 2.05) is 12.5 Å². The van der Waals surface area contributed by atoms with Gasteiger partial charge in [-0.15, -0.1) is 0 Å². The fourth-order valence-corrected chi connectivity index (χ4v) is 7.34. The van der Waals surface area contributed by atoms with Crippen molar-refractivity contribution in [2.45, 2.75) is 39.0 Å². The molecule has 1 atom stereocenters. The summed E-state index contributed by atoms with van der Waals surface area (Å²) in [5, 5.41) is 5.01. The van der Waals surface area contributed by atoms with Gasteiger partial charge in [-0.2, -0.15) is 0 Å². The van der Waals surface area contributed by atoms with Crippen LogP contribution in [0.15, 0.2) is 77.6 Å². The van der Waals surface area contributed by atoms with Gasteiger partial charge < -0.3 is 0 Å². The molecule has 0 amide bonds. The first-order valence-electron chi connectivity index (χ1n) is 9.27. The number of rotatable bonds is 4. The first-order chi connectivity index (χ1) is 12.3. The molecule has 2 heterocycles. The molecular formula is C22H26N2S. The number of hydrogen-bond acceptors (Lipinski definition) is 1. The van der Waals surface area contributed by atoms with Crippen molar-refractivity contribution in [2.75, 3.05) is 0 Å². The molecule has 0 saturated heterocycles. The molecule has 2 nitrogen and oxygen atoms in total. The third kappa shape index (κ3) is 3.02. The number of hydrogen-bond donors (Lipinski definition) is 0. The zero-order valence-electron chi connectivity index (χ0n) is 14.8. The van der Waals surface area contributed by atoms with Crippen LogP contribution in [0.1, 0.15) is 44.6 Å². The SMILES string of the molecule is CC=C(c1ccccc1)S1(n2ccnc2)C=CC(C2CCCCC2)=C1. The normalized spacial score (nSPS) is 27.1. The Morgan fingerprint density at radius 2 is 1.96 bits per heavy atom. The summed E-state index contributed by atoms with van der Waals surface area (Å²) in [6, 6.07) is 10.8. The lowest BCUT2D eigenvalue weighted by Crippen LogP contribution is -2.08. The number of nitrogens with zero attached hydrogens (tertiary/aromatic N) is 2. The molecule has 3 heteroatoms. The smallest absolute Gasteiger partial charge is 0.104 e. The third-order valence-electron chi connectivity index (χ3n) is 5.36. The van der Waals surface area contributed by atoms with Gasteiger partial charge in [0.2, 0.25) is 0 Å². The predicted octanol–water partition coefficient (Wildman–Crippen LogP) is 6.50. The second-order valence-electron chi connectivity index (χ2n) is 6.87. The van der Waals surface area contributed by atoms with Gasteiger partial charge in [0, 0.05) is 17.3 Å². The molecule has 1 unspecified atom stereocenters. The molecule has 1 aromatic heterocycles. The molecule has 25 heavy (non-hydrogen) atoms. The highest BCUT2D eigenvalue weighted by atomic mass is 32.3. The topological polar surface area (TPSA) is 17.8 Å². The highest BCUT2D eigenvalue weighted by Gasteiger charge is 2.32. The largest absolute Gasteiger partial charge is 0.288 e. The van der Waals surface area contributed by atoms with E-state index in [1.54, 1.807) is 5.57 Å². The average molecular weight is 351 g/mol. The number of benzene rings is 1. The van der Waals surface area contributed by atoms with Crippen LogP contribution in [0, 0.1) is 5.92 Å². The van der Waals surface area contributed by atoms with Gasteiger partial charge in [0.1, 0.15) is 6.33 Å². The Labute approximate surface area is 152 Å². The van der Waals surface area contributed by atoms with Gasteiger partial charge in [0.05, 0.1) is 0 Å². The molecular weight excluding hydrogens is 324 g/mol. The minimum Gasteiger partial charge on any atom is -0.288 e. The first-order valence-corrected chi connectivity index (χ1v) is 11.0. The van der Waals surface area contributed by atoms with E-state index in [0.717, 1.165) is 5.92 Å². The molecule has 0 N–H and O–H groups in total. The van der Waals surface area contributed by atoms with E-state index < -0.39 is 10.2 Å². The van der Waals surface area contributed by atoms with Crippen LogP contribution >= 0.6 is 10.2 Å². The van der Waals surface area contributed by atoms with E-state index in [2.05, 4.69) is 75.4 Å². The fraction of sp³-hybridized carbons (Fsp3) is 0.318. The molecule has 1 fully saturated rings. The summed E-state index contributed by atoms with van der Waals surface area (Å²) < 4.78 is 2.32. The zero-order chi connectivity index (χ0) is 17.1. The highest BCUT2D eigenvalue weighted by Crippen LogP contribution is 2.66. The van der Waals surface area contributed by atoms with Gasteiger partial charge in [0.15, 0.2) is 0 Å². The van der Waals surface area contributed by atoms with Gasteiger partial charge in [0.25, 0.3) is 0 Å². The molecule has 1 aromatic carbocycles. The average Bonchev–Trinajstić information content (AvgIpc) is 3.35. The van der Waals surface area contributed by atoms with E-state index in [9.17, 15) is 0 Å². The monoisotopic (exact) mass is 350 g/mol. The summed E-state index contributed by atoms with van der Waals surface area (Å²) in [6.07, 6.45) is 17.5. The fourth-order valence-electron chi connectivity index (χ4n) is 4.09. The van der Waals surface area contributed by atoms with Crippen LogP contribution in [-0.4, -0.2) is 8.96 Å². The van der Waals surface area contributed by atoms with Crippen molar-refractivity contribution in [3.05, 3.63) is 83.2 Å². The maximum atomic E-state index is 4.35. The van der Waals surface area contributed by atoms with Crippen LogP contribution in [0.3, 0.4) is 0 Å². The standard InChI is InChI=1S/C22H26N2S/c1-2-22(20-11-7-4-8-12-20)25(24-15-14-23-18-24)16-13-21(17-25)19-9-5-3-6-10-19/h2,4,7-8,11-19H,3,5-6,9-10H2,1H3. The molecule has 1 saturated carbocycles. The lowest BCUT2D eigenvalue weighted by Gasteiger charge is -2.36. The van der Waals surface area contributed by atoms with E-state index >= 15 is 0 Å². The summed E-state index contributed by atoms with van der Waals surface area (Å²) in [5.74, 6) is 0.733. The molecule has 4 rings (SSSR count). The summed E-state index contributed by atoms with van der Waals surface area (Å²) in [4.78, 5) is 5.75. The minimum atomic E-state index is -1.37. The quantitative estimate of drug-likeness (QED) is 0.615. The van der Waals surface area contributed by atoms with E-state index in [-0.39, 0.29) is 0 Å². The second kappa shape index (κ2) is 7.09. The number of aromatic nitrogens is 2. The number of allylic oxidation sites excluding steroid dienone is 3. The van der Waals surface area contributed by atoms with Gasteiger partial charge in [-0.25, -0.2) is 4.98 Å². The Balaban J connectivity index is 1.80. The van der Waals surface area contributed by atoms with Gasteiger partial charge in [-0.3, -0.25) is 3.97 Å². The lowest BCUT2D eigenvalue weighted by atomic mass is 9.84. The lowest BCUT2D eigenvalue weighted by molar-refractivity contribution is 0.409. The molecule has 0 bridgehead atoms. The Kier molecular flexibility index (Phi) is 4.67. The van der Waals surface area contributed by atoms with E-state index in [0.29, 0.717) is 0 Å². The van der Waals surface area contributed by atoms with Gasteiger partial charge >= 0.3 is 0 Å². The predicted molar refractivity (Wildman–Crippen MR) is 109 cm³/mol. The van der Waals surface area contributed by atoms with E-state index in [1.165, 1.54) is 42.6 Å². The Bertz CT molecular complexity index is 796. The molecule has 2 aromatic rings. The summed E-state index contributed by atoms with van der Waals surface area (Å²) in [6.45, 7) is 2.16. The second-order valence-corrected chi connectivity index (χ2v) is 9.59. The van der Waals surface area contributed by atoms with Crippen LogP contribution in [0.2, 0.25) is 0 Å². The molecule has 0 radical (unpaired) electrons. The van der Waals surface area contributed by atoms with Crippen molar-refractivity contribution in [3.63, 3.8) is 0 Å². The maximum Gasteiger partial charge on any atom is 0.104 e. The van der Waals surface area contributed by atoms with Gasteiger partial charge in [-0.05, 0) is 47.6 Å². The van der Waals surface area contributed by atoms with Crippen molar-refractivity contribution in [2.24, 2.45) is 5.92 Å². The van der Waals surface area contributed by atoms with Crippen LogP contribution in [0.4, 0.5) is 0 Å². The van der Waals surface area contributed by atoms with Crippen LogP contribution < -0.4 is 0 Å². The Morgan fingerprint density at radius 1 is 1.16 bits per heavy atom. The van der Waals surface area contributed by atoms with Crippen molar-refractivity contribution >= 4 is 15.1 Å². The maximum absolute atomic E-state index is 4.35. The molecule has 1 aliphatic heterocycles. The van der Waals surface area contributed by atoms with Crippen LogP contribution in [-0.2, 0) is 0 Å². The Morgan fingerprint density at radius 3 is 2.64 bits per heavy atom. The first kappa shape index (κ1) is 16.5. The highest BCUT2D eigenvalue weighted by molar-refractivity contribution is 8.44. The van der Waals surface area contributed by atoms with Crippen molar-refractivity contribution in [1.82, 2.24) is 8.96 Å². The van der Waals surface area contributed by atoms with Crippen molar-refractivity contribution in [3.8, 4) is 0 Å². The number of imidazole rings is 1. The van der Waals surface area contributed by atoms with Crippen molar-refractivity contribution < 1.29 is 0 Å². The molecule has 0 spiro atoms. The Hall–Kier alpha value is -2.00. The third-order valence-corrected chi connectivity index (χ3v) is 8.63. The summed E-state index contributed by atoms with van der Waals surface area (Å²) in [7, 11) is -1.37. The van der Waals surface area contributed by atoms with Gasteiger partial charge in [-0.1, -0.05) is 72.0 Å². The van der Waals surface area contributed by atoms with E-state index in [4.69, 9.17) is 0 Å².